The Balaban J connectivity index is 1.98. The fourth-order valence-electron chi connectivity index (χ4n) is 2.29. The minimum atomic E-state index is -0.324. The highest BCUT2D eigenvalue weighted by atomic mass is 32.1. The van der Waals surface area contributed by atoms with Crippen LogP contribution in [0.3, 0.4) is 0 Å². The van der Waals surface area contributed by atoms with E-state index in [2.05, 4.69) is 36.0 Å². The van der Waals surface area contributed by atoms with E-state index in [9.17, 15) is 4.39 Å². The third kappa shape index (κ3) is 3.81. The third-order valence-electron chi connectivity index (χ3n) is 3.33. The maximum absolute atomic E-state index is 13.4. The van der Waals surface area contributed by atoms with Crippen LogP contribution in [-0.2, 0) is 6.42 Å². The molecule has 0 aliphatic carbocycles. The summed E-state index contributed by atoms with van der Waals surface area (Å²) in [6.07, 6.45) is 0.992. The van der Waals surface area contributed by atoms with Gasteiger partial charge in [-0.05, 0) is 60.4 Å². The molecule has 2 atom stereocenters. The number of methoxy groups -OCH3 is 1. The Kier molecular flexibility index (Phi) is 5.15. The predicted molar refractivity (Wildman–Crippen MR) is 82.0 cm³/mol. The molecule has 0 spiro atoms. The van der Waals surface area contributed by atoms with Crippen LogP contribution in [0.1, 0.15) is 31.0 Å². The molecule has 1 N–H and O–H groups in total. The summed E-state index contributed by atoms with van der Waals surface area (Å²) in [5.41, 5.74) is 2.37. The van der Waals surface area contributed by atoms with Gasteiger partial charge in [-0.25, -0.2) is 4.39 Å². The molecule has 2 aromatic rings. The first kappa shape index (κ1) is 15.0. The fraction of sp³-hybridized carbons (Fsp3) is 0.375. The minimum Gasteiger partial charge on any atom is -0.494 e. The molecule has 2 nitrogen and oxygen atoms in total. The predicted octanol–water partition coefficient (Wildman–Crippen LogP) is 4.18. The van der Waals surface area contributed by atoms with Crippen LogP contribution in [0.25, 0.3) is 0 Å². The average molecular weight is 293 g/mol. The Morgan fingerprint density at radius 2 is 2.10 bits per heavy atom. The fourth-order valence-corrected chi connectivity index (χ4v) is 2.97. The number of nitrogens with one attached hydrogen (secondary N) is 1. The molecule has 0 bridgehead atoms. The Hall–Kier alpha value is -1.39. The van der Waals surface area contributed by atoms with E-state index in [0.29, 0.717) is 11.8 Å². The topological polar surface area (TPSA) is 21.3 Å². The highest BCUT2D eigenvalue weighted by molar-refractivity contribution is 7.07. The van der Waals surface area contributed by atoms with Gasteiger partial charge >= 0.3 is 0 Å². The largest absolute Gasteiger partial charge is 0.494 e. The third-order valence-corrected chi connectivity index (χ3v) is 4.06. The molecule has 1 aromatic heterocycles. The number of thiophene rings is 1. The maximum atomic E-state index is 13.4. The Morgan fingerprint density at radius 1 is 1.30 bits per heavy atom. The summed E-state index contributed by atoms with van der Waals surface area (Å²) in [5, 5.41) is 7.80. The number of hydrogen-bond acceptors (Lipinski definition) is 3. The monoisotopic (exact) mass is 293 g/mol. The number of rotatable bonds is 6. The highest BCUT2D eigenvalue weighted by Gasteiger charge is 2.12. The lowest BCUT2D eigenvalue weighted by Gasteiger charge is -2.20. The molecule has 0 saturated carbocycles. The normalized spacial score (nSPS) is 14.0. The van der Waals surface area contributed by atoms with Gasteiger partial charge in [-0.2, -0.15) is 11.3 Å². The van der Waals surface area contributed by atoms with Crippen molar-refractivity contribution in [3.63, 3.8) is 0 Å². The van der Waals surface area contributed by atoms with Crippen LogP contribution in [0.5, 0.6) is 5.75 Å². The molecule has 0 radical (unpaired) electrons. The molecule has 108 valence electrons. The summed E-state index contributed by atoms with van der Waals surface area (Å²) in [5.74, 6) is -0.0311. The molecular formula is C16H20FNOS. The van der Waals surface area contributed by atoms with Crippen LogP contribution in [-0.4, -0.2) is 13.2 Å². The molecule has 0 fully saturated rings. The highest BCUT2D eigenvalue weighted by Crippen LogP contribution is 2.23. The van der Waals surface area contributed by atoms with Crippen LogP contribution in [0, 0.1) is 5.82 Å². The summed E-state index contributed by atoms with van der Waals surface area (Å²) in [7, 11) is 1.49. The zero-order valence-corrected chi connectivity index (χ0v) is 12.8. The zero-order chi connectivity index (χ0) is 14.5. The second-order valence-electron chi connectivity index (χ2n) is 5.02. The smallest absolute Gasteiger partial charge is 0.165 e. The zero-order valence-electron chi connectivity index (χ0n) is 12.0. The average Bonchev–Trinajstić information content (AvgIpc) is 2.91. The van der Waals surface area contributed by atoms with Crippen molar-refractivity contribution in [2.24, 2.45) is 0 Å². The lowest BCUT2D eigenvalue weighted by Crippen LogP contribution is -2.30. The van der Waals surface area contributed by atoms with Crippen LogP contribution < -0.4 is 10.1 Å². The van der Waals surface area contributed by atoms with Gasteiger partial charge in [0.15, 0.2) is 11.6 Å². The van der Waals surface area contributed by atoms with Gasteiger partial charge in [-0.1, -0.05) is 6.07 Å². The van der Waals surface area contributed by atoms with Crippen molar-refractivity contribution in [3.05, 3.63) is 52.0 Å². The molecule has 0 aliphatic heterocycles. The van der Waals surface area contributed by atoms with E-state index in [4.69, 9.17) is 4.74 Å². The molecule has 2 rings (SSSR count). The number of hydrogen-bond donors (Lipinski definition) is 1. The molecule has 0 amide bonds. The summed E-state index contributed by atoms with van der Waals surface area (Å²) in [6.45, 7) is 4.24. The van der Waals surface area contributed by atoms with Crippen molar-refractivity contribution in [1.29, 1.82) is 0 Å². The van der Waals surface area contributed by atoms with Gasteiger partial charge < -0.3 is 10.1 Å². The van der Waals surface area contributed by atoms with Gasteiger partial charge in [-0.15, -0.1) is 0 Å². The molecule has 20 heavy (non-hydrogen) atoms. The SMILES string of the molecule is COc1cc(C(C)NC(C)Cc2ccsc2)ccc1F. The van der Waals surface area contributed by atoms with Gasteiger partial charge in [0.05, 0.1) is 7.11 Å². The van der Waals surface area contributed by atoms with Crippen molar-refractivity contribution in [2.45, 2.75) is 32.4 Å². The second-order valence-corrected chi connectivity index (χ2v) is 5.80. The molecule has 4 heteroatoms. The quantitative estimate of drug-likeness (QED) is 0.862. The van der Waals surface area contributed by atoms with Crippen LogP contribution in [0.2, 0.25) is 0 Å². The molecular weight excluding hydrogens is 273 g/mol. The van der Waals surface area contributed by atoms with Crippen molar-refractivity contribution in [3.8, 4) is 5.75 Å². The van der Waals surface area contributed by atoms with E-state index >= 15 is 0 Å². The van der Waals surface area contributed by atoms with E-state index in [0.717, 1.165) is 12.0 Å². The lowest BCUT2D eigenvalue weighted by atomic mass is 10.0. The summed E-state index contributed by atoms with van der Waals surface area (Å²) in [4.78, 5) is 0. The first-order valence-electron chi connectivity index (χ1n) is 6.70. The first-order valence-corrected chi connectivity index (χ1v) is 7.65. The standard InChI is InChI=1S/C16H20FNOS/c1-11(8-13-6-7-20-10-13)18-12(2)14-4-5-15(17)16(9-14)19-3/h4-7,9-12,18H,8H2,1-3H3. The van der Waals surface area contributed by atoms with E-state index < -0.39 is 0 Å². The summed E-state index contributed by atoms with van der Waals surface area (Å²) in [6, 6.07) is 7.66. The van der Waals surface area contributed by atoms with Crippen LogP contribution in [0.4, 0.5) is 4.39 Å². The minimum absolute atomic E-state index is 0.151. The van der Waals surface area contributed by atoms with E-state index in [-0.39, 0.29) is 11.9 Å². The lowest BCUT2D eigenvalue weighted by molar-refractivity contribution is 0.384. The van der Waals surface area contributed by atoms with Crippen LogP contribution >= 0.6 is 11.3 Å². The number of ether oxygens (including phenoxy) is 1. The van der Waals surface area contributed by atoms with Gasteiger partial charge in [0.1, 0.15) is 0 Å². The molecule has 0 aliphatic rings. The van der Waals surface area contributed by atoms with E-state index in [1.54, 1.807) is 23.5 Å². The van der Waals surface area contributed by atoms with Gasteiger partial charge in [0, 0.05) is 12.1 Å². The summed E-state index contributed by atoms with van der Waals surface area (Å²) < 4.78 is 18.4. The van der Waals surface area contributed by atoms with E-state index in [1.807, 2.05) is 0 Å². The number of halogens is 1. The van der Waals surface area contributed by atoms with Crippen molar-refractivity contribution >= 4 is 11.3 Å². The van der Waals surface area contributed by atoms with E-state index in [1.165, 1.54) is 18.7 Å². The Bertz CT molecular complexity index is 541. The number of benzene rings is 1. The first-order chi connectivity index (χ1) is 9.60. The maximum Gasteiger partial charge on any atom is 0.165 e. The van der Waals surface area contributed by atoms with Gasteiger partial charge in [-0.3, -0.25) is 0 Å². The van der Waals surface area contributed by atoms with Gasteiger partial charge in [0.2, 0.25) is 0 Å². The molecule has 0 saturated heterocycles. The van der Waals surface area contributed by atoms with Crippen molar-refractivity contribution in [2.75, 3.05) is 7.11 Å². The van der Waals surface area contributed by atoms with Crippen LogP contribution in [0.15, 0.2) is 35.0 Å². The van der Waals surface area contributed by atoms with Crippen molar-refractivity contribution in [1.82, 2.24) is 5.32 Å². The Labute approximate surface area is 123 Å². The second kappa shape index (κ2) is 6.86. The molecule has 2 unspecified atom stereocenters. The molecule has 1 heterocycles. The molecule has 1 aromatic carbocycles. The summed E-state index contributed by atoms with van der Waals surface area (Å²) >= 11 is 1.72. The van der Waals surface area contributed by atoms with Crippen molar-refractivity contribution < 1.29 is 9.13 Å². The van der Waals surface area contributed by atoms with Gasteiger partial charge in [0.25, 0.3) is 0 Å². The Morgan fingerprint density at radius 3 is 2.75 bits per heavy atom.